The number of aryl methyl sites for hydroxylation is 1. The van der Waals surface area contributed by atoms with E-state index in [-0.39, 0.29) is 30.3 Å². The van der Waals surface area contributed by atoms with Crippen LogP contribution in [0.2, 0.25) is 5.02 Å². The van der Waals surface area contributed by atoms with Crippen molar-refractivity contribution in [3.8, 4) is 11.5 Å². The first kappa shape index (κ1) is 27.0. The monoisotopic (exact) mass is 540 g/mol. The molecule has 2 amide bonds. The molecule has 1 aromatic heterocycles. The van der Waals surface area contributed by atoms with Crippen molar-refractivity contribution >= 4 is 34.8 Å². The van der Waals surface area contributed by atoms with Crippen molar-refractivity contribution in [2.75, 3.05) is 33.4 Å². The Morgan fingerprint density at radius 3 is 2.54 bits per heavy atom. The number of hydrogen-bond donors (Lipinski definition) is 0. The summed E-state index contributed by atoms with van der Waals surface area (Å²) in [5, 5.41) is 2.75. The van der Waals surface area contributed by atoms with Crippen molar-refractivity contribution in [2.24, 2.45) is 5.92 Å². The number of ether oxygens (including phenoxy) is 2. The molecule has 0 spiro atoms. The van der Waals surface area contributed by atoms with Gasteiger partial charge in [-0.3, -0.25) is 9.59 Å². The summed E-state index contributed by atoms with van der Waals surface area (Å²) in [6.07, 6.45) is 0.798. The fourth-order valence-electron chi connectivity index (χ4n) is 4.59. The van der Waals surface area contributed by atoms with Crippen LogP contribution >= 0.6 is 22.9 Å². The molecule has 1 atom stereocenters. The number of nitrogens with zero attached hydrogens (tertiary/aromatic N) is 2. The zero-order chi connectivity index (χ0) is 26.5. The van der Waals surface area contributed by atoms with Crippen LogP contribution in [-0.2, 0) is 11.2 Å². The maximum Gasteiger partial charge on any atom is 0.254 e. The van der Waals surface area contributed by atoms with Gasteiger partial charge in [0.05, 0.1) is 13.2 Å². The van der Waals surface area contributed by atoms with Gasteiger partial charge in [0.15, 0.2) is 0 Å². The van der Waals surface area contributed by atoms with Gasteiger partial charge in [0.2, 0.25) is 5.91 Å². The first-order valence-electron chi connectivity index (χ1n) is 12.4. The van der Waals surface area contributed by atoms with E-state index in [1.165, 1.54) is 4.88 Å². The number of rotatable bonds is 9. The number of benzene rings is 2. The van der Waals surface area contributed by atoms with E-state index in [1.807, 2.05) is 43.9 Å². The maximum atomic E-state index is 13.7. The third-order valence-electron chi connectivity index (χ3n) is 6.49. The van der Waals surface area contributed by atoms with E-state index in [4.69, 9.17) is 21.1 Å². The number of amides is 2. The second-order valence-corrected chi connectivity index (χ2v) is 11.1. The van der Waals surface area contributed by atoms with E-state index >= 15 is 0 Å². The maximum absolute atomic E-state index is 13.7. The Balaban J connectivity index is 1.53. The highest BCUT2D eigenvalue weighted by molar-refractivity contribution is 7.10. The Hall–Kier alpha value is -3.03. The molecule has 4 rings (SSSR count). The van der Waals surface area contributed by atoms with Crippen molar-refractivity contribution in [1.29, 1.82) is 0 Å². The lowest BCUT2D eigenvalue weighted by atomic mass is 10.00. The highest BCUT2D eigenvalue weighted by Gasteiger charge is 2.33. The van der Waals surface area contributed by atoms with Gasteiger partial charge in [-0.05, 0) is 84.3 Å². The molecule has 0 saturated heterocycles. The molecule has 0 saturated carbocycles. The number of thiophene rings is 1. The molecule has 196 valence electrons. The summed E-state index contributed by atoms with van der Waals surface area (Å²) in [6, 6.07) is 14.4. The van der Waals surface area contributed by atoms with Gasteiger partial charge < -0.3 is 19.3 Å². The van der Waals surface area contributed by atoms with Crippen LogP contribution in [0, 0.1) is 12.8 Å². The first-order chi connectivity index (χ1) is 17.8. The average Bonchev–Trinajstić information content (AvgIpc) is 3.37. The molecule has 37 heavy (non-hydrogen) atoms. The minimum absolute atomic E-state index is 0.0130. The van der Waals surface area contributed by atoms with Crippen LogP contribution in [0.15, 0.2) is 53.9 Å². The minimum atomic E-state index is -0.226. The molecule has 2 heterocycles. The molecule has 2 aromatic carbocycles. The molecule has 0 unspecified atom stereocenters. The predicted molar refractivity (Wildman–Crippen MR) is 148 cm³/mol. The molecule has 0 radical (unpaired) electrons. The van der Waals surface area contributed by atoms with Gasteiger partial charge in [-0.25, -0.2) is 0 Å². The normalized spacial score (nSPS) is 14.9. The van der Waals surface area contributed by atoms with Crippen LogP contribution < -0.4 is 9.47 Å². The van der Waals surface area contributed by atoms with Gasteiger partial charge >= 0.3 is 0 Å². The Morgan fingerprint density at radius 1 is 1.14 bits per heavy atom. The van der Waals surface area contributed by atoms with Crippen molar-refractivity contribution in [3.05, 3.63) is 80.5 Å². The topological polar surface area (TPSA) is 59.1 Å². The molecule has 1 aliphatic heterocycles. The Morgan fingerprint density at radius 2 is 1.86 bits per heavy atom. The highest BCUT2D eigenvalue weighted by atomic mass is 35.5. The number of hydrogen-bond acceptors (Lipinski definition) is 5. The van der Waals surface area contributed by atoms with Crippen molar-refractivity contribution in [1.82, 2.24) is 9.80 Å². The number of methoxy groups -OCH3 is 1. The van der Waals surface area contributed by atoms with Crippen LogP contribution in [0.1, 0.15) is 46.3 Å². The van der Waals surface area contributed by atoms with Crippen LogP contribution in [0.3, 0.4) is 0 Å². The summed E-state index contributed by atoms with van der Waals surface area (Å²) in [5.41, 5.74) is 2.59. The van der Waals surface area contributed by atoms with Gasteiger partial charge in [-0.2, -0.15) is 0 Å². The van der Waals surface area contributed by atoms with E-state index in [1.54, 1.807) is 47.6 Å². The Labute approximate surface area is 227 Å². The average molecular weight is 541 g/mol. The van der Waals surface area contributed by atoms with E-state index in [2.05, 4.69) is 11.4 Å². The molecule has 1 aliphatic rings. The second kappa shape index (κ2) is 12.0. The zero-order valence-corrected chi connectivity index (χ0v) is 23.3. The molecule has 3 aromatic rings. The highest BCUT2D eigenvalue weighted by Crippen LogP contribution is 2.34. The minimum Gasteiger partial charge on any atom is -0.497 e. The van der Waals surface area contributed by atoms with Gasteiger partial charge in [-0.15, -0.1) is 11.3 Å². The molecule has 0 fully saturated rings. The molecule has 0 N–H and O–H groups in total. The fraction of sp³-hybridized carbons (Fsp3) is 0.379. The van der Waals surface area contributed by atoms with Crippen LogP contribution in [0.4, 0.5) is 0 Å². The third-order valence-corrected chi connectivity index (χ3v) is 7.91. The first-order valence-corrected chi connectivity index (χ1v) is 13.7. The van der Waals surface area contributed by atoms with Crippen molar-refractivity contribution < 1.29 is 19.1 Å². The number of halogens is 1. The van der Waals surface area contributed by atoms with E-state index in [9.17, 15) is 9.59 Å². The molecule has 0 aliphatic carbocycles. The van der Waals surface area contributed by atoms with E-state index < -0.39 is 0 Å². The zero-order valence-electron chi connectivity index (χ0n) is 21.7. The summed E-state index contributed by atoms with van der Waals surface area (Å²) in [6.45, 7) is 7.44. The number of carbonyl (C=O) groups is 2. The molecular weight excluding hydrogens is 508 g/mol. The molecule has 8 heteroatoms. The summed E-state index contributed by atoms with van der Waals surface area (Å²) < 4.78 is 11.4. The Bertz CT molecular complexity index is 1240. The molecule has 6 nitrogen and oxygen atoms in total. The largest absolute Gasteiger partial charge is 0.497 e. The van der Waals surface area contributed by atoms with Gasteiger partial charge in [0.1, 0.15) is 24.7 Å². The second-order valence-electron chi connectivity index (χ2n) is 9.68. The quantitative estimate of drug-likeness (QED) is 0.333. The SMILES string of the molecule is COc1ccc(C(=O)N(CC(=O)N2CCc3sccc3[C@H]2COc2ccc(Cl)c(C)c2)CC(C)C)cc1. The number of fused-ring (bicyclic) bond motifs is 1. The third kappa shape index (κ3) is 6.46. The lowest BCUT2D eigenvalue weighted by Gasteiger charge is -2.37. The van der Waals surface area contributed by atoms with E-state index in [0.29, 0.717) is 41.8 Å². The lowest BCUT2D eigenvalue weighted by Crippen LogP contribution is -2.48. The summed E-state index contributed by atoms with van der Waals surface area (Å²) in [4.78, 5) is 31.9. The predicted octanol–water partition coefficient (Wildman–Crippen LogP) is 6.02. The standard InChI is InChI=1S/C29H33ClN2O4S/c1-19(2)16-31(29(34)21-5-7-22(35-4)8-6-21)17-28(33)32-13-11-27-24(12-14-37-27)26(32)18-36-23-9-10-25(30)20(3)15-23/h5-10,12,14-15,19,26H,11,13,16-18H2,1-4H3/t26-/m1/s1. The van der Waals surface area contributed by atoms with Gasteiger partial charge in [-0.1, -0.05) is 25.4 Å². The van der Waals surface area contributed by atoms with Crippen LogP contribution in [0.5, 0.6) is 11.5 Å². The summed E-state index contributed by atoms with van der Waals surface area (Å²) in [5.74, 6) is 1.36. The molecular formula is C29H33ClN2O4S. The van der Waals surface area contributed by atoms with Crippen LogP contribution in [-0.4, -0.2) is 55.0 Å². The van der Waals surface area contributed by atoms with Gasteiger partial charge in [0, 0.05) is 28.6 Å². The van der Waals surface area contributed by atoms with E-state index in [0.717, 1.165) is 17.5 Å². The van der Waals surface area contributed by atoms with Crippen molar-refractivity contribution in [2.45, 2.75) is 33.2 Å². The van der Waals surface area contributed by atoms with Crippen molar-refractivity contribution in [3.63, 3.8) is 0 Å². The lowest BCUT2D eigenvalue weighted by molar-refractivity contribution is -0.135. The smallest absolute Gasteiger partial charge is 0.254 e. The fourth-order valence-corrected chi connectivity index (χ4v) is 5.63. The molecule has 0 bridgehead atoms. The van der Waals surface area contributed by atoms with Gasteiger partial charge in [0.25, 0.3) is 5.91 Å². The summed E-state index contributed by atoms with van der Waals surface area (Å²) in [7, 11) is 1.59. The van der Waals surface area contributed by atoms with Crippen LogP contribution in [0.25, 0.3) is 0 Å². The Kier molecular flexibility index (Phi) is 8.77. The number of carbonyl (C=O) groups excluding carboxylic acids is 2. The summed E-state index contributed by atoms with van der Waals surface area (Å²) >= 11 is 7.88.